The van der Waals surface area contributed by atoms with Crippen molar-refractivity contribution in [2.75, 3.05) is 6.61 Å². The van der Waals surface area contributed by atoms with Crippen molar-refractivity contribution < 1.29 is 4.74 Å². The maximum Gasteiger partial charge on any atom is 0.124 e. The van der Waals surface area contributed by atoms with Crippen molar-refractivity contribution in [3.63, 3.8) is 0 Å². The fourth-order valence-corrected chi connectivity index (χ4v) is 2.07. The molecule has 19 heavy (non-hydrogen) atoms. The van der Waals surface area contributed by atoms with Gasteiger partial charge in [-0.3, -0.25) is 5.84 Å². The first-order chi connectivity index (χ1) is 9.36. The second-order valence-electron chi connectivity index (χ2n) is 4.40. The van der Waals surface area contributed by atoms with Gasteiger partial charge >= 0.3 is 0 Å². The largest absolute Gasteiger partial charge is 0.493 e. The third-order valence-electron chi connectivity index (χ3n) is 2.99. The van der Waals surface area contributed by atoms with Crippen LogP contribution in [0.4, 0.5) is 0 Å². The third kappa shape index (κ3) is 3.34. The van der Waals surface area contributed by atoms with E-state index in [1.807, 2.05) is 42.5 Å². The summed E-state index contributed by atoms with van der Waals surface area (Å²) in [5, 5.41) is 0. The molecule has 1 unspecified atom stereocenters. The maximum absolute atomic E-state index is 5.80. The monoisotopic (exact) mass is 256 g/mol. The van der Waals surface area contributed by atoms with Crippen LogP contribution < -0.4 is 16.0 Å². The van der Waals surface area contributed by atoms with Crippen molar-refractivity contribution in [1.29, 1.82) is 0 Å². The quantitative estimate of drug-likeness (QED) is 0.617. The van der Waals surface area contributed by atoms with Crippen molar-refractivity contribution in [1.82, 2.24) is 5.43 Å². The summed E-state index contributed by atoms with van der Waals surface area (Å²) >= 11 is 0. The van der Waals surface area contributed by atoms with Crippen LogP contribution in [0.1, 0.15) is 30.5 Å². The van der Waals surface area contributed by atoms with Crippen molar-refractivity contribution >= 4 is 0 Å². The smallest absolute Gasteiger partial charge is 0.124 e. The van der Waals surface area contributed by atoms with Gasteiger partial charge in [0.2, 0.25) is 0 Å². The third-order valence-corrected chi connectivity index (χ3v) is 2.99. The molecule has 1 atom stereocenters. The molecule has 2 aromatic carbocycles. The minimum absolute atomic E-state index is 0.0609. The first-order valence-electron chi connectivity index (χ1n) is 6.59. The zero-order valence-corrected chi connectivity index (χ0v) is 11.2. The van der Waals surface area contributed by atoms with E-state index in [4.69, 9.17) is 10.6 Å². The van der Waals surface area contributed by atoms with Gasteiger partial charge in [0.15, 0.2) is 0 Å². The molecule has 3 N–H and O–H groups in total. The van der Waals surface area contributed by atoms with E-state index in [1.165, 1.54) is 0 Å². The van der Waals surface area contributed by atoms with Crippen LogP contribution in [0.5, 0.6) is 5.75 Å². The van der Waals surface area contributed by atoms with E-state index in [0.717, 1.165) is 23.3 Å². The lowest BCUT2D eigenvalue weighted by molar-refractivity contribution is 0.311. The highest BCUT2D eigenvalue weighted by Gasteiger charge is 2.16. The highest BCUT2D eigenvalue weighted by Crippen LogP contribution is 2.29. The van der Waals surface area contributed by atoms with E-state index in [9.17, 15) is 0 Å². The van der Waals surface area contributed by atoms with E-state index < -0.39 is 0 Å². The van der Waals surface area contributed by atoms with Crippen LogP contribution in [0.25, 0.3) is 0 Å². The Morgan fingerprint density at radius 3 is 2.42 bits per heavy atom. The van der Waals surface area contributed by atoms with Crippen molar-refractivity contribution in [3.8, 4) is 5.75 Å². The number of hydrazine groups is 1. The highest BCUT2D eigenvalue weighted by molar-refractivity contribution is 5.41. The number of hydrogen-bond donors (Lipinski definition) is 2. The predicted molar refractivity (Wildman–Crippen MR) is 77.8 cm³/mol. The Balaban J connectivity index is 2.33. The van der Waals surface area contributed by atoms with Gasteiger partial charge in [-0.05, 0) is 18.1 Å². The van der Waals surface area contributed by atoms with E-state index in [0.29, 0.717) is 6.61 Å². The molecule has 0 fully saturated rings. The molecule has 0 aromatic heterocycles. The molecule has 0 radical (unpaired) electrons. The topological polar surface area (TPSA) is 47.3 Å². The molecule has 0 saturated carbocycles. The number of benzene rings is 2. The molecule has 3 heteroatoms. The Labute approximate surface area is 114 Å². The van der Waals surface area contributed by atoms with Gasteiger partial charge in [0.1, 0.15) is 5.75 Å². The summed E-state index contributed by atoms with van der Waals surface area (Å²) < 4.78 is 5.80. The molecule has 0 aliphatic heterocycles. The zero-order chi connectivity index (χ0) is 13.5. The zero-order valence-electron chi connectivity index (χ0n) is 11.2. The van der Waals surface area contributed by atoms with Crippen LogP contribution in [-0.4, -0.2) is 6.61 Å². The molecule has 0 spiro atoms. The van der Waals surface area contributed by atoms with E-state index in [-0.39, 0.29) is 6.04 Å². The van der Waals surface area contributed by atoms with E-state index >= 15 is 0 Å². The Morgan fingerprint density at radius 1 is 1.05 bits per heavy atom. The van der Waals surface area contributed by atoms with Crippen LogP contribution in [-0.2, 0) is 0 Å². The summed E-state index contributed by atoms with van der Waals surface area (Å²) in [7, 11) is 0. The number of nitrogens with one attached hydrogen (secondary N) is 1. The van der Waals surface area contributed by atoms with Gasteiger partial charge in [-0.2, -0.15) is 0 Å². The van der Waals surface area contributed by atoms with Gasteiger partial charge in [0.25, 0.3) is 0 Å². The molecule has 3 nitrogen and oxygen atoms in total. The second-order valence-corrected chi connectivity index (χ2v) is 4.40. The normalized spacial score (nSPS) is 12.1. The maximum atomic E-state index is 5.80. The fraction of sp³-hybridized carbons (Fsp3) is 0.250. The van der Waals surface area contributed by atoms with Gasteiger partial charge in [0, 0.05) is 5.56 Å². The second kappa shape index (κ2) is 6.92. The summed E-state index contributed by atoms with van der Waals surface area (Å²) in [4.78, 5) is 0. The van der Waals surface area contributed by atoms with Gasteiger partial charge in [0.05, 0.1) is 12.6 Å². The van der Waals surface area contributed by atoms with Crippen molar-refractivity contribution in [3.05, 3.63) is 65.7 Å². The number of nitrogens with two attached hydrogens (primary N) is 1. The summed E-state index contributed by atoms with van der Waals surface area (Å²) in [6.07, 6.45) is 0.986. The number of ether oxygens (including phenoxy) is 1. The minimum Gasteiger partial charge on any atom is -0.493 e. The average Bonchev–Trinajstić information content (AvgIpc) is 2.48. The predicted octanol–water partition coefficient (Wildman–Crippen LogP) is 3.03. The average molecular weight is 256 g/mol. The SMILES string of the molecule is CCCOc1ccccc1C(NN)c1ccccc1. The number of rotatable bonds is 6. The van der Waals surface area contributed by atoms with Crippen LogP contribution in [0.2, 0.25) is 0 Å². The van der Waals surface area contributed by atoms with E-state index in [2.05, 4.69) is 24.5 Å². The Kier molecular flexibility index (Phi) is 4.95. The van der Waals surface area contributed by atoms with E-state index in [1.54, 1.807) is 0 Å². The Morgan fingerprint density at radius 2 is 1.74 bits per heavy atom. The number of hydrogen-bond acceptors (Lipinski definition) is 3. The first-order valence-corrected chi connectivity index (χ1v) is 6.59. The lowest BCUT2D eigenvalue weighted by Gasteiger charge is -2.20. The molecule has 0 amide bonds. The molecular formula is C16H20N2O. The molecule has 0 aliphatic carbocycles. The Bertz CT molecular complexity index is 499. The van der Waals surface area contributed by atoms with Gasteiger partial charge < -0.3 is 4.74 Å². The van der Waals surface area contributed by atoms with Crippen LogP contribution in [0.15, 0.2) is 54.6 Å². The summed E-state index contributed by atoms with van der Waals surface area (Å²) in [5.74, 6) is 6.61. The molecule has 100 valence electrons. The molecule has 0 bridgehead atoms. The van der Waals surface area contributed by atoms with Crippen LogP contribution in [0, 0.1) is 0 Å². The number of para-hydroxylation sites is 1. The van der Waals surface area contributed by atoms with Gasteiger partial charge in [-0.1, -0.05) is 55.5 Å². The standard InChI is InChI=1S/C16H20N2O/c1-2-12-19-15-11-7-6-10-14(15)16(18-17)13-8-4-3-5-9-13/h3-11,16,18H,2,12,17H2,1H3. The molecule has 0 aliphatic rings. The minimum atomic E-state index is -0.0609. The summed E-state index contributed by atoms with van der Waals surface area (Å²) in [5.41, 5.74) is 5.05. The van der Waals surface area contributed by atoms with Gasteiger partial charge in [-0.25, -0.2) is 5.43 Å². The molecule has 0 saturated heterocycles. The molecule has 2 rings (SSSR count). The lowest BCUT2D eigenvalue weighted by Crippen LogP contribution is -2.29. The lowest BCUT2D eigenvalue weighted by atomic mass is 9.98. The molecule has 0 heterocycles. The van der Waals surface area contributed by atoms with Crippen molar-refractivity contribution in [2.45, 2.75) is 19.4 Å². The summed E-state index contributed by atoms with van der Waals surface area (Å²) in [6.45, 7) is 2.81. The molecular weight excluding hydrogens is 236 g/mol. The fourth-order valence-electron chi connectivity index (χ4n) is 2.07. The van der Waals surface area contributed by atoms with Gasteiger partial charge in [-0.15, -0.1) is 0 Å². The Hall–Kier alpha value is -1.84. The van der Waals surface area contributed by atoms with Crippen LogP contribution >= 0.6 is 0 Å². The highest BCUT2D eigenvalue weighted by atomic mass is 16.5. The molecule has 2 aromatic rings. The van der Waals surface area contributed by atoms with Crippen molar-refractivity contribution in [2.24, 2.45) is 5.84 Å². The van der Waals surface area contributed by atoms with Crippen LogP contribution in [0.3, 0.4) is 0 Å². The summed E-state index contributed by atoms with van der Waals surface area (Å²) in [6, 6.07) is 18.1. The first kappa shape index (κ1) is 13.6.